The molecule has 3 aromatic rings. The third-order valence-electron chi connectivity index (χ3n) is 3.92. The molecule has 6 heteroatoms. The van der Waals surface area contributed by atoms with Crippen LogP contribution in [0.3, 0.4) is 0 Å². The summed E-state index contributed by atoms with van der Waals surface area (Å²) in [7, 11) is 1.84. The van der Waals surface area contributed by atoms with E-state index in [-0.39, 0.29) is 11.9 Å². The van der Waals surface area contributed by atoms with Gasteiger partial charge in [-0.05, 0) is 37.4 Å². The van der Waals surface area contributed by atoms with Gasteiger partial charge in [-0.2, -0.15) is 0 Å². The maximum atomic E-state index is 12.9. The van der Waals surface area contributed by atoms with E-state index >= 15 is 0 Å². The Hall–Kier alpha value is -1.69. The predicted molar refractivity (Wildman–Crippen MR) is 102 cm³/mol. The number of hydrogen-bond acceptors (Lipinski definition) is 4. The van der Waals surface area contributed by atoms with Crippen molar-refractivity contribution in [2.45, 2.75) is 19.9 Å². The van der Waals surface area contributed by atoms with Gasteiger partial charge in [0.1, 0.15) is 9.88 Å². The van der Waals surface area contributed by atoms with Crippen LogP contribution in [0.2, 0.25) is 5.02 Å². The zero-order valence-corrected chi connectivity index (χ0v) is 16.0. The lowest BCUT2D eigenvalue weighted by molar-refractivity contribution is 0.0749. The maximum absolute atomic E-state index is 12.9. The van der Waals surface area contributed by atoms with Crippen LogP contribution in [0.1, 0.15) is 33.2 Å². The summed E-state index contributed by atoms with van der Waals surface area (Å²) in [6, 6.07) is 11.6. The maximum Gasteiger partial charge on any atom is 0.266 e. The molecular formula is C18H17ClN2OS2. The monoisotopic (exact) mass is 376 g/mol. The summed E-state index contributed by atoms with van der Waals surface area (Å²) >= 11 is 9.13. The van der Waals surface area contributed by atoms with Gasteiger partial charge in [-0.1, -0.05) is 29.8 Å². The Balaban J connectivity index is 1.88. The molecule has 0 radical (unpaired) electrons. The highest BCUT2D eigenvalue weighted by Gasteiger charge is 2.24. The van der Waals surface area contributed by atoms with Crippen LogP contribution in [-0.2, 0) is 0 Å². The number of thiophene rings is 1. The first kappa shape index (κ1) is 17.1. The molecule has 1 atom stereocenters. The summed E-state index contributed by atoms with van der Waals surface area (Å²) in [5, 5.41) is 3.51. The van der Waals surface area contributed by atoms with Crippen LogP contribution in [0, 0.1) is 6.92 Å². The normalized spacial score (nSPS) is 12.2. The molecule has 0 saturated carbocycles. The molecule has 0 aliphatic carbocycles. The van der Waals surface area contributed by atoms with E-state index in [0.717, 1.165) is 16.3 Å². The average molecular weight is 377 g/mol. The van der Waals surface area contributed by atoms with Crippen molar-refractivity contribution in [2.24, 2.45) is 0 Å². The molecule has 2 aromatic heterocycles. The first-order valence-corrected chi connectivity index (χ1v) is 9.58. The summed E-state index contributed by atoms with van der Waals surface area (Å²) in [5.74, 6) is -0.000761. The predicted octanol–water partition coefficient (Wildman–Crippen LogP) is 5.67. The largest absolute Gasteiger partial charge is 0.333 e. The third kappa shape index (κ3) is 3.38. The number of amides is 1. The molecule has 124 valence electrons. The highest BCUT2D eigenvalue weighted by atomic mass is 35.5. The van der Waals surface area contributed by atoms with Gasteiger partial charge < -0.3 is 4.90 Å². The smallest absolute Gasteiger partial charge is 0.266 e. The van der Waals surface area contributed by atoms with Crippen molar-refractivity contribution in [3.05, 3.63) is 62.2 Å². The Morgan fingerprint density at radius 2 is 2.08 bits per heavy atom. The van der Waals surface area contributed by atoms with Gasteiger partial charge in [0.25, 0.3) is 5.91 Å². The summed E-state index contributed by atoms with van der Waals surface area (Å²) in [6.07, 6.45) is 0. The van der Waals surface area contributed by atoms with Gasteiger partial charge in [0.05, 0.1) is 11.7 Å². The van der Waals surface area contributed by atoms with Gasteiger partial charge in [0, 0.05) is 22.5 Å². The SMILES string of the molecule is Cc1nc(-c2cccc(Cl)c2)sc1C(=O)N(C)C(C)c1cccs1. The summed E-state index contributed by atoms with van der Waals surface area (Å²) in [6.45, 7) is 3.92. The number of aryl methyl sites for hydroxylation is 1. The van der Waals surface area contributed by atoms with Gasteiger partial charge in [-0.15, -0.1) is 22.7 Å². The molecule has 0 bridgehead atoms. The van der Waals surface area contributed by atoms with Crippen molar-refractivity contribution in [3.63, 3.8) is 0 Å². The second kappa shape index (κ2) is 7.05. The molecule has 0 spiro atoms. The van der Waals surface area contributed by atoms with Crippen LogP contribution in [0.4, 0.5) is 0 Å². The van der Waals surface area contributed by atoms with E-state index in [0.29, 0.717) is 9.90 Å². The fraction of sp³-hybridized carbons (Fsp3) is 0.222. The Morgan fingerprint density at radius 1 is 1.29 bits per heavy atom. The van der Waals surface area contributed by atoms with Crippen LogP contribution in [0.5, 0.6) is 0 Å². The van der Waals surface area contributed by atoms with E-state index in [1.807, 2.05) is 56.6 Å². The molecular weight excluding hydrogens is 360 g/mol. The van der Waals surface area contributed by atoms with E-state index in [4.69, 9.17) is 11.6 Å². The summed E-state index contributed by atoms with van der Waals surface area (Å²) in [4.78, 5) is 21.1. The fourth-order valence-electron chi connectivity index (χ4n) is 2.40. The van der Waals surface area contributed by atoms with Crippen LogP contribution in [0.25, 0.3) is 10.6 Å². The van der Waals surface area contributed by atoms with E-state index in [2.05, 4.69) is 11.1 Å². The minimum absolute atomic E-state index is 0.000761. The van der Waals surface area contributed by atoms with Gasteiger partial charge in [0.2, 0.25) is 0 Å². The number of nitrogens with zero attached hydrogens (tertiary/aromatic N) is 2. The van der Waals surface area contributed by atoms with Gasteiger partial charge in [-0.3, -0.25) is 4.79 Å². The molecule has 24 heavy (non-hydrogen) atoms. The Morgan fingerprint density at radius 3 is 2.75 bits per heavy atom. The fourth-order valence-corrected chi connectivity index (χ4v) is 4.46. The number of thiazole rings is 1. The van der Waals surface area contributed by atoms with E-state index < -0.39 is 0 Å². The Labute approximate surface area is 154 Å². The number of rotatable bonds is 4. The van der Waals surface area contributed by atoms with Gasteiger partial charge in [-0.25, -0.2) is 4.98 Å². The van der Waals surface area contributed by atoms with Crippen molar-refractivity contribution < 1.29 is 4.79 Å². The molecule has 1 unspecified atom stereocenters. The zero-order chi connectivity index (χ0) is 17.3. The van der Waals surface area contributed by atoms with Crippen LogP contribution >= 0.6 is 34.3 Å². The van der Waals surface area contributed by atoms with Crippen molar-refractivity contribution in [1.29, 1.82) is 0 Å². The lowest BCUT2D eigenvalue weighted by Gasteiger charge is -2.23. The summed E-state index contributed by atoms with van der Waals surface area (Å²) in [5.41, 5.74) is 1.69. The van der Waals surface area contributed by atoms with Gasteiger partial charge >= 0.3 is 0 Å². The first-order valence-electron chi connectivity index (χ1n) is 7.51. The van der Waals surface area contributed by atoms with Crippen LogP contribution < -0.4 is 0 Å². The average Bonchev–Trinajstić information content (AvgIpc) is 3.22. The second-order valence-electron chi connectivity index (χ2n) is 5.55. The highest BCUT2D eigenvalue weighted by Crippen LogP contribution is 2.32. The molecule has 1 aromatic carbocycles. The third-order valence-corrected chi connectivity index (χ3v) is 6.39. The molecule has 0 saturated heterocycles. The molecule has 0 aliphatic heterocycles. The minimum Gasteiger partial charge on any atom is -0.333 e. The topological polar surface area (TPSA) is 33.2 Å². The molecule has 1 amide bonds. The molecule has 0 aliphatic rings. The second-order valence-corrected chi connectivity index (χ2v) is 7.97. The van der Waals surface area contributed by atoms with Crippen molar-refractivity contribution in [1.82, 2.24) is 9.88 Å². The number of hydrogen-bond donors (Lipinski definition) is 0. The van der Waals surface area contributed by atoms with E-state index in [1.54, 1.807) is 16.2 Å². The van der Waals surface area contributed by atoms with Crippen molar-refractivity contribution in [3.8, 4) is 10.6 Å². The minimum atomic E-state index is -0.000761. The lowest BCUT2D eigenvalue weighted by atomic mass is 10.2. The highest BCUT2D eigenvalue weighted by molar-refractivity contribution is 7.17. The summed E-state index contributed by atoms with van der Waals surface area (Å²) < 4.78 is 0. The molecule has 3 rings (SSSR count). The van der Waals surface area contributed by atoms with E-state index in [9.17, 15) is 4.79 Å². The van der Waals surface area contributed by atoms with Crippen LogP contribution in [-0.4, -0.2) is 22.8 Å². The Kier molecular flexibility index (Phi) is 5.04. The quantitative estimate of drug-likeness (QED) is 0.588. The number of aromatic nitrogens is 1. The van der Waals surface area contributed by atoms with Crippen molar-refractivity contribution in [2.75, 3.05) is 7.05 Å². The number of halogens is 1. The van der Waals surface area contributed by atoms with Crippen LogP contribution in [0.15, 0.2) is 41.8 Å². The zero-order valence-electron chi connectivity index (χ0n) is 13.6. The first-order chi connectivity index (χ1) is 11.5. The molecule has 2 heterocycles. The molecule has 0 fully saturated rings. The van der Waals surface area contributed by atoms with Gasteiger partial charge in [0.15, 0.2) is 0 Å². The molecule has 3 nitrogen and oxygen atoms in total. The lowest BCUT2D eigenvalue weighted by Crippen LogP contribution is -2.29. The van der Waals surface area contributed by atoms with E-state index in [1.165, 1.54) is 16.2 Å². The van der Waals surface area contributed by atoms with Crippen molar-refractivity contribution >= 4 is 40.2 Å². The number of benzene rings is 1. The standard InChI is InChI=1S/C18H17ClN2OS2/c1-11-16(18(22)21(3)12(2)15-8-5-9-23-15)24-17(20-11)13-6-4-7-14(19)10-13/h4-10,12H,1-3H3. The number of carbonyl (C=O) groups excluding carboxylic acids is 1. The number of carbonyl (C=O) groups is 1. The molecule has 0 N–H and O–H groups in total. The Bertz CT molecular complexity index is 858.